The van der Waals surface area contributed by atoms with Crippen molar-refractivity contribution in [3.63, 3.8) is 0 Å². The Balaban J connectivity index is 1.24. The largest absolute Gasteiger partial charge is 0.309 e. The molecule has 176 valence electrons. The molecule has 0 unspecified atom stereocenters. The average Bonchev–Trinajstić information content (AvgIpc) is 3.62. The molecule has 1 aliphatic carbocycles. The third-order valence-electron chi connectivity index (χ3n) is 8.13. The van der Waals surface area contributed by atoms with Crippen LogP contribution in [0.5, 0.6) is 0 Å². The van der Waals surface area contributed by atoms with Gasteiger partial charge in [0.2, 0.25) is 0 Å². The molecule has 0 saturated carbocycles. The highest BCUT2D eigenvalue weighted by atomic mass is 32.1. The number of hydrogen-bond donors (Lipinski definition) is 0. The monoisotopic (exact) mass is 499 g/mol. The second kappa shape index (κ2) is 7.44. The summed E-state index contributed by atoms with van der Waals surface area (Å²) in [4.78, 5) is 1.41. The fourth-order valence-electron chi connectivity index (χ4n) is 6.48. The van der Waals surface area contributed by atoms with Gasteiger partial charge in [0, 0.05) is 42.6 Å². The zero-order valence-electron chi connectivity index (χ0n) is 20.5. The highest BCUT2D eigenvalue weighted by Crippen LogP contribution is 2.54. The van der Waals surface area contributed by atoms with Crippen molar-refractivity contribution in [2.45, 2.75) is 0 Å². The minimum Gasteiger partial charge on any atom is -0.309 e. The maximum absolute atomic E-state index is 2.39. The minimum atomic E-state index is 1.19. The first kappa shape index (κ1) is 20.4. The van der Waals surface area contributed by atoms with Crippen LogP contribution in [0.3, 0.4) is 0 Å². The Morgan fingerprint density at radius 3 is 2.13 bits per heavy atom. The maximum Gasteiger partial charge on any atom is 0.0541 e. The summed E-state index contributed by atoms with van der Waals surface area (Å²) in [7, 11) is 0. The van der Waals surface area contributed by atoms with E-state index < -0.39 is 0 Å². The molecular weight excluding hydrogens is 478 g/mol. The molecule has 0 saturated heterocycles. The molecule has 6 aromatic carbocycles. The zero-order valence-corrected chi connectivity index (χ0v) is 21.3. The molecule has 0 N–H and O–H groups in total. The molecule has 8 aromatic rings. The van der Waals surface area contributed by atoms with Crippen LogP contribution in [0.25, 0.3) is 81.0 Å². The highest BCUT2D eigenvalue weighted by molar-refractivity contribution is 7.23. The van der Waals surface area contributed by atoms with Crippen molar-refractivity contribution in [2.24, 2.45) is 0 Å². The Morgan fingerprint density at radius 1 is 0.500 bits per heavy atom. The van der Waals surface area contributed by atoms with E-state index in [4.69, 9.17) is 0 Å². The van der Waals surface area contributed by atoms with E-state index in [1.54, 1.807) is 0 Å². The van der Waals surface area contributed by atoms with Crippen LogP contribution in [0, 0.1) is 0 Å². The second-order valence-corrected chi connectivity index (χ2v) is 11.2. The van der Waals surface area contributed by atoms with Crippen molar-refractivity contribution in [3.05, 3.63) is 127 Å². The predicted molar refractivity (Wildman–Crippen MR) is 164 cm³/mol. The average molecular weight is 500 g/mol. The molecule has 0 atom stereocenters. The summed E-state index contributed by atoms with van der Waals surface area (Å²) >= 11 is 1.93. The summed E-state index contributed by atoms with van der Waals surface area (Å²) in [6, 6.07) is 46.7. The summed E-state index contributed by atoms with van der Waals surface area (Å²) < 4.78 is 3.73. The first-order valence-electron chi connectivity index (χ1n) is 13.0. The van der Waals surface area contributed by atoms with Crippen LogP contribution in [0.2, 0.25) is 0 Å². The molecule has 0 spiro atoms. The minimum absolute atomic E-state index is 1.19. The summed E-state index contributed by atoms with van der Waals surface area (Å²) in [5.41, 5.74) is 10.4. The third kappa shape index (κ3) is 2.65. The van der Waals surface area contributed by atoms with Gasteiger partial charge in [0.15, 0.2) is 0 Å². The first-order chi connectivity index (χ1) is 18.8. The van der Waals surface area contributed by atoms with Crippen molar-refractivity contribution in [1.29, 1.82) is 0 Å². The van der Waals surface area contributed by atoms with Gasteiger partial charge in [-0.1, -0.05) is 91.0 Å². The van der Waals surface area contributed by atoms with Crippen molar-refractivity contribution in [3.8, 4) is 38.4 Å². The number of aromatic nitrogens is 1. The molecule has 0 aliphatic heterocycles. The smallest absolute Gasteiger partial charge is 0.0541 e. The maximum atomic E-state index is 2.39. The molecule has 0 fully saturated rings. The zero-order chi connectivity index (χ0) is 24.8. The van der Waals surface area contributed by atoms with Crippen LogP contribution in [0.15, 0.2) is 127 Å². The topological polar surface area (TPSA) is 4.93 Å². The number of nitrogens with zero attached hydrogens (tertiary/aromatic N) is 1. The number of para-hydroxylation sites is 2. The SMILES string of the molecule is c1ccc(-n2c3ccccc3c3cc(-c4ccc5c6c(sc5c4)-c4cccc5cccc-6c45)ccc32)cc1. The Bertz CT molecular complexity index is 2220. The van der Waals surface area contributed by atoms with E-state index in [0.29, 0.717) is 0 Å². The molecule has 9 rings (SSSR count). The van der Waals surface area contributed by atoms with Crippen LogP contribution in [0.4, 0.5) is 0 Å². The van der Waals surface area contributed by atoms with Gasteiger partial charge >= 0.3 is 0 Å². The number of benzene rings is 6. The van der Waals surface area contributed by atoms with Gasteiger partial charge in [-0.25, -0.2) is 0 Å². The molecular formula is C36H21NS. The lowest BCUT2D eigenvalue weighted by molar-refractivity contribution is 1.18. The van der Waals surface area contributed by atoms with Crippen molar-refractivity contribution in [2.75, 3.05) is 0 Å². The van der Waals surface area contributed by atoms with E-state index in [-0.39, 0.29) is 0 Å². The summed E-state index contributed by atoms with van der Waals surface area (Å²) in [5.74, 6) is 0. The first-order valence-corrected chi connectivity index (χ1v) is 13.8. The van der Waals surface area contributed by atoms with Crippen LogP contribution in [0.1, 0.15) is 0 Å². The molecule has 2 heterocycles. The lowest BCUT2D eigenvalue weighted by Crippen LogP contribution is -1.92. The molecule has 1 nitrogen and oxygen atoms in total. The highest BCUT2D eigenvalue weighted by Gasteiger charge is 2.25. The van der Waals surface area contributed by atoms with Gasteiger partial charge in [-0.15, -0.1) is 11.3 Å². The van der Waals surface area contributed by atoms with Crippen molar-refractivity contribution >= 4 is 54.0 Å². The van der Waals surface area contributed by atoms with Gasteiger partial charge in [0.25, 0.3) is 0 Å². The number of thiophene rings is 1. The molecule has 2 heteroatoms. The lowest BCUT2D eigenvalue weighted by Gasteiger charge is -2.08. The van der Waals surface area contributed by atoms with E-state index >= 15 is 0 Å². The molecule has 0 bridgehead atoms. The van der Waals surface area contributed by atoms with Crippen LogP contribution < -0.4 is 0 Å². The van der Waals surface area contributed by atoms with Gasteiger partial charge in [-0.05, 0) is 63.9 Å². The van der Waals surface area contributed by atoms with Gasteiger partial charge in [0.1, 0.15) is 0 Å². The Labute approximate surface area is 223 Å². The van der Waals surface area contributed by atoms with Crippen molar-refractivity contribution in [1.82, 2.24) is 4.57 Å². The summed E-state index contributed by atoms with van der Waals surface area (Å²) in [6.45, 7) is 0. The van der Waals surface area contributed by atoms with Crippen LogP contribution >= 0.6 is 11.3 Å². The summed E-state index contributed by atoms with van der Waals surface area (Å²) in [6.07, 6.45) is 0. The van der Waals surface area contributed by atoms with Crippen molar-refractivity contribution < 1.29 is 0 Å². The standard InChI is InChI=1S/C36H21NS/c1-2-10-25(11-3-1)37-31-15-5-4-12-26(31)30-20-23(17-19-32(30)37)24-16-18-27-33(21-24)38-36-29-14-7-9-22-8-6-13-28(34(22)29)35(27)36/h1-21H. The number of rotatable bonds is 2. The predicted octanol–water partition coefficient (Wildman–Crippen LogP) is 10.5. The Kier molecular flexibility index (Phi) is 3.99. The van der Waals surface area contributed by atoms with Gasteiger partial charge in [-0.3, -0.25) is 0 Å². The fraction of sp³-hybridized carbons (Fsp3) is 0. The Morgan fingerprint density at radius 2 is 1.24 bits per heavy atom. The van der Waals surface area contributed by atoms with E-state index in [1.807, 2.05) is 11.3 Å². The molecule has 0 amide bonds. The lowest BCUT2D eigenvalue weighted by atomic mass is 9.99. The molecule has 1 aliphatic rings. The van der Waals surface area contributed by atoms with E-state index in [2.05, 4.69) is 132 Å². The number of hydrogen-bond acceptors (Lipinski definition) is 1. The van der Waals surface area contributed by atoms with Gasteiger partial charge in [0.05, 0.1) is 11.0 Å². The normalized spacial score (nSPS) is 12.2. The summed E-state index contributed by atoms with van der Waals surface area (Å²) in [5, 5.41) is 6.67. The fourth-order valence-corrected chi connectivity index (χ4v) is 7.77. The van der Waals surface area contributed by atoms with E-state index in [9.17, 15) is 0 Å². The molecule has 0 radical (unpaired) electrons. The quantitative estimate of drug-likeness (QED) is 0.223. The third-order valence-corrected chi connectivity index (χ3v) is 9.31. The molecule has 2 aromatic heterocycles. The van der Waals surface area contributed by atoms with Gasteiger partial charge in [-0.2, -0.15) is 0 Å². The van der Waals surface area contributed by atoms with E-state index in [1.165, 1.54) is 81.0 Å². The van der Waals surface area contributed by atoms with Crippen LogP contribution in [-0.4, -0.2) is 4.57 Å². The molecule has 38 heavy (non-hydrogen) atoms. The van der Waals surface area contributed by atoms with Gasteiger partial charge < -0.3 is 4.57 Å². The van der Waals surface area contributed by atoms with E-state index in [0.717, 1.165) is 0 Å². The Hall–Kier alpha value is -4.66. The number of fused-ring (bicyclic) bond motifs is 8. The van der Waals surface area contributed by atoms with Crippen LogP contribution in [-0.2, 0) is 0 Å². The second-order valence-electron chi connectivity index (χ2n) is 10.1.